The van der Waals surface area contributed by atoms with Gasteiger partial charge in [0.25, 0.3) is 0 Å². The van der Waals surface area contributed by atoms with Gasteiger partial charge in [0.15, 0.2) is 0 Å². The third-order valence-electron chi connectivity index (χ3n) is 3.27. The third-order valence-corrected chi connectivity index (χ3v) is 4.11. The fourth-order valence-corrected chi connectivity index (χ4v) is 2.99. The van der Waals surface area contributed by atoms with Crippen molar-refractivity contribution < 1.29 is 4.74 Å². The summed E-state index contributed by atoms with van der Waals surface area (Å²) >= 11 is 9.65. The van der Waals surface area contributed by atoms with E-state index in [-0.39, 0.29) is 5.54 Å². The van der Waals surface area contributed by atoms with Gasteiger partial charge < -0.3 is 10.5 Å². The molecule has 0 amide bonds. The second-order valence-corrected chi connectivity index (χ2v) is 6.06. The van der Waals surface area contributed by atoms with Gasteiger partial charge in [-0.25, -0.2) is 0 Å². The normalized spacial score (nSPS) is 25.6. The molecule has 17 heavy (non-hydrogen) atoms. The van der Waals surface area contributed by atoms with Gasteiger partial charge in [0.1, 0.15) is 0 Å². The van der Waals surface area contributed by atoms with E-state index in [0.717, 1.165) is 54.0 Å². The Bertz CT molecular complexity index is 389. The number of hydrogen-bond acceptors (Lipinski definition) is 2. The second kappa shape index (κ2) is 5.70. The highest BCUT2D eigenvalue weighted by Crippen LogP contribution is 2.28. The van der Waals surface area contributed by atoms with E-state index in [1.54, 1.807) is 0 Å². The van der Waals surface area contributed by atoms with E-state index in [1.807, 2.05) is 18.2 Å². The molecule has 2 rings (SSSR count). The Hall–Kier alpha value is -0.0900. The van der Waals surface area contributed by atoms with Gasteiger partial charge in [0.2, 0.25) is 0 Å². The molecular formula is C13H17BrClNO. The first-order valence-electron chi connectivity index (χ1n) is 5.90. The smallest absolute Gasteiger partial charge is 0.0483 e. The summed E-state index contributed by atoms with van der Waals surface area (Å²) in [5, 5.41) is 0.786. The molecule has 0 radical (unpaired) electrons. The van der Waals surface area contributed by atoms with Gasteiger partial charge >= 0.3 is 0 Å². The molecule has 1 heterocycles. The molecule has 1 aliphatic rings. The van der Waals surface area contributed by atoms with E-state index in [1.165, 1.54) is 0 Å². The number of nitrogens with two attached hydrogens (primary N) is 1. The maximum Gasteiger partial charge on any atom is 0.0483 e. The van der Waals surface area contributed by atoms with Crippen molar-refractivity contribution in [1.82, 2.24) is 0 Å². The molecule has 0 saturated carbocycles. The van der Waals surface area contributed by atoms with Crippen LogP contribution in [0.25, 0.3) is 0 Å². The van der Waals surface area contributed by atoms with Gasteiger partial charge in [-0.1, -0.05) is 33.6 Å². The SMILES string of the molecule is NC1(Cc2ccc(Br)cc2Cl)CCCOCC1. The maximum atomic E-state index is 6.45. The summed E-state index contributed by atoms with van der Waals surface area (Å²) in [6.45, 7) is 1.58. The molecule has 1 fully saturated rings. The van der Waals surface area contributed by atoms with Gasteiger partial charge in [-0.2, -0.15) is 0 Å². The molecule has 2 nitrogen and oxygen atoms in total. The van der Waals surface area contributed by atoms with Crippen LogP contribution in [0.2, 0.25) is 5.02 Å². The molecule has 1 saturated heterocycles. The minimum Gasteiger partial charge on any atom is -0.381 e. The summed E-state index contributed by atoms with van der Waals surface area (Å²) in [6, 6.07) is 5.98. The zero-order valence-corrected chi connectivity index (χ0v) is 12.1. The molecule has 1 atom stereocenters. The van der Waals surface area contributed by atoms with Crippen LogP contribution in [0.4, 0.5) is 0 Å². The van der Waals surface area contributed by atoms with Crippen molar-refractivity contribution in [2.45, 2.75) is 31.2 Å². The first kappa shape index (κ1) is 13.3. The standard InChI is InChI=1S/C13H17BrClNO/c14-11-3-2-10(12(15)8-11)9-13(16)4-1-6-17-7-5-13/h2-3,8H,1,4-7,9,16H2. The predicted molar refractivity (Wildman–Crippen MR) is 74.4 cm³/mol. The summed E-state index contributed by atoms with van der Waals surface area (Å²) in [4.78, 5) is 0. The molecule has 0 spiro atoms. The van der Waals surface area contributed by atoms with Crippen molar-refractivity contribution in [3.63, 3.8) is 0 Å². The average molecular weight is 319 g/mol. The minimum atomic E-state index is -0.173. The molecule has 0 aliphatic carbocycles. The summed E-state index contributed by atoms with van der Waals surface area (Å²) in [5.41, 5.74) is 7.40. The molecule has 94 valence electrons. The van der Waals surface area contributed by atoms with Crippen molar-refractivity contribution in [2.24, 2.45) is 5.73 Å². The Labute approximate surface area is 116 Å². The van der Waals surface area contributed by atoms with Gasteiger partial charge in [-0.15, -0.1) is 0 Å². The fraction of sp³-hybridized carbons (Fsp3) is 0.538. The van der Waals surface area contributed by atoms with E-state index >= 15 is 0 Å². The number of halogens is 2. The Balaban J connectivity index is 2.12. The molecule has 1 aromatic carbocycles. The Morgan fingerprint density at radius 1 is 1.35 bits per heavy atom. The largest absolute Gasteiger partial charge is 0.381 e. The first-order chi connectivity index (χ1) is 8.09. The minimum absolute atomic E-state index is 0.173. The van der Waals surface area contributed by atoms with Crippen LogP contribution in [0.15, 0.2) is 22.7 Å². The summed E-state index contributed by atoms with van der Waals surface area (Å²) in [6.07, 6.45) is 3.76. The van der Waals surface area contributed by atoms with Crippen molar-refractivity contribution in [3.8, 4) is 0 Å². The zero-order valence-electron chi connectivity index (χ0n) is 9.72. The van der Waals surface area contributed by atoms with Crippen LogP contribution in [-0.4, -0.2) is 18.8 Å². The van der Waals surface area contributed by atoms with Gasteiger partial charge in [0, 0.05) is 28.2 Å². The molecule has 1 aliphatic heterocycles. The first-order valence-corrected chi connectivity index (χ1v) is 7.07. The Morgan fingerprint density at radius 3 is 2.94 bits per heavy atom. The quantitative estimate of drug-likeness (QED) is 0.905. The molecule has 0 bridgehead atoms. The lowest BCUT2D eigenvalue weighted by molar-refractivity contribution is 0.139. The lowest BCUT2D eigenvalue weighted by atomic mass is 9.85. The third kappa shape index (κ3) is 3.68. The summed E-state index contributed by atoms with van der Waals surface area (Å²) in [5.74, 6) is 0. The van der Waals surface area contributed by atoms with E-state index in [2.05, 4.69) is 15.9 Å². The van der Waals surface area contributed by atoms with E-state index in [0.29, 0.717) is 0 Å². The van der Waals surface area contributed by atoms with Crippen LogP contribution in [0.1, 0.15) is 24.8 Å². The van der Waals surface area contributed by atoms with Gasteiger partial charge in [-0.3, -0.25) is 0 Å². The van der Waals surface area contributed by atoms with Crippen molar-refractivity contribution >= 4 is 27.5 Å². The lowest BCUT2D eigenvalue weighted by Crippen LogP contribution is -2.42. The molecular weight excluding hydrogens is 302 g/mol. The number of benzene rings is 1. The van der Waals surface area contributed by atoms with E-state index < -0.39 is 0 Å². The topological polar surface area (TPSA) is 35.2 Å². The molecule has 0 aromatic heterocycles. The lowest BCUT2D eigenvalue weighted by Gasteiger charge is -2.28. The summed E-state index contributed by atoms with van der Waals surface area (Å²) < 4.78 is 6.46. The Morgan fingerprint density at radius 2 is 2.18 bits per heavy atom. The monoisotopic (exact) mass is 317 g/mol. The van der Waals surface area contributed by atoms with Crippen LogP contribution in [0, 0.1) is 0 Å². The van der Waals surface area contributed by atoms with Crippen molar-refractivity contribution in [2.75, 3.05) is 13.2 Å². The molecule has 1 aromatic rings. The van der Waals surface area contributed by atoms with Crippen LogP contribution in [0.3, 0.4) is 0 Å². The predicted octanol–water partition coefficient (Wildman–Crippen LogP) is 3.54. The maximum absolute atomic E-state index is 6.45. The number of hydrogen-bond donors (Lipinski definition) is 1. The van der Waals surface area contributed by atoms with E-state index in [9.17, 15) is 0 Å². The highest BCUT2D eigenvalue weighted by Gasteiger charge is 2.27. The highest BCUT2D eigenvalue weighted by molar-refractivity contribution is 9.10. The summed E-state index contributed by atoms with van der Waals surface area (Å²) in [7, 11) is 0. The molecule has 2 N–H and O–H groups in total. The number of ether oxygens (including phenoxy) is 1. The Kier molecular flexibility index (Phi) is 4.47. The zero-order chi connectivity index (χ0) is 12.3. The van der Waals surface area contributed by atoms with Crippen molar-refractivity contribution in [3.05, 3.63) is 33.3 Å². The average Bonchev–Trinajstić information content (AvgIpc) is 2.48. The van der Waals surface area contributed by atoms with Crippen molar-refractivity contribution in [1.29, 1.82) is 0 Å². The van der Waals surface area contributed by atoms with E-state index in [4.69, 9.17) is 22.1 Å². The fourth-order valence-electron chi connectivity index (χ4n) is 2.25. The van der Waals surface area contributed by atoms with Gasteiger partial charge in [0.05, 0.1) is 0 Å². The highest BCUT2D eigenvalue weighted by atomic mass is 79.9. The molecule has 1 unspecified atom stereocenters. The number of rotatable bonds is 2. The van der Waals surface area contributed by atoms with Crippen LogP contribution < -0.4 is 5.73 Å². The van der Waals surface area contributed by atoms with Crippen LogP contribution in [0.5, 0.6) is 0 Å². The second-order valence-electron chi connectivity index (χ2n) is 4.74. The van der Waals surface area contributed by atoms with Gasteiger partial charge in [-0.05, 0) is 43.4 Å². The van der Waals surface area contributed by atoms with Crippen LogP contribution in [-0.2, 0) is 11.2 Å². The van der Waals surface area contributed by atoms with Crippen LogP contribution >= 0.6 is 27.5 Å². The molecule has 4 heteroatoms.